The van der Waals surface area contributed by atoms with E-state index in [1.54, 1.807) is 11.3 Å². The molecule has 0 spiro atoms. The van der Waals surface area contributed by atoms with E-state index in [4.69, 9.17) is 4.74 Å². The van der Waals surface area contributed by atoms with Crippen LogP contribution in [0.2, 0.25) is 0 Å². The van der Waals surface area contributed by atoms with Crippen molar-refractivity contribution in [2.45, 2.75) is 13.3 Å². The van der Waals surface area contributed by atoms with Crippen molar-refractivity contribution < 1.29 is 4.74 Å². The number of hydrogen-bond acceptors (Lipinski definition) is 5. The summed E-state index contributed by atoms with van der Waals surface area (Å²) in [6.45, 7) is 8.11. The van der Waals surface area contributed by atoms with Crippen molar-refractivity contribution in [1.82, 2.24) is 9.88 Å². The van der Waals surface area contributed by atoms with E-state index >= 15 is 0 Å². The van der Waals surface area contributed by atoms with E-state index < -0.39 is 0 Å². The van der Waals surface area contributed by atoms with Crippen LogP contribution in [0.3, 0.4) is 0 Å². The summed E-state index contributed by atoms with van der Waals surface area (Å²) in [5.41, 5.74) is 1.12. The SMILES string of the molecule is Cc1csc(N2CCCN(CCOc3ccc(Br)cc3)CC2)n1. The number of ether oxygens (including phenoxy) is 1. The zero-order valence-electron chi connectivity index (χ0n) is 13.4. The standard InChI is InChI=1S/C17H22BrN3OS/c1-14-13-23-17(19-14)21-8-2-7-20(9-10-21)11-12-22-16-5-3-15(18)4-6-16/h3-6,13H,2,7-12H2,1H3. The highest BCUT2D eigenvalue weighted by Gasteiger charge is 2.17. The number of thiazole rings is 1. The number of anilines is 1. The van der Waals surface area contributed by atoms with Crippen molar-refractivity contribution in [1.29, 1.82) is 0 Å². The largest absolute Gasteiger partial charge is 0.492 e. The number of rotatable bonds is 5. The van der Waals surface area contributed by atoms with Crippen LogP contribution in [-0.4, -0.2) is 49.2 Å². The van der Waals surface area contributed by atoms with Gasteiger partial charge in [0.2, 0.25) is 0 Å². The lowest BCUT2D eigenvalue weighted by Crippen LogP contribution is -2.33. The molecule has 6 heteroatoms. The minimum atomic E-state index is 0.734. The molecule has 3 rings (SSSR count). The maximum Gasteiger partial charge on any atom is 0.185 e. The molecular weight excluding hydrogens is 374 g/mol. The van der Waals surface area contributed by atoms with Crippen LogP contribution >= 0.6 is 27.3 Å². The molecular formula is C17H22BrN3OS. The zero-order chi connectivity index (χ0) is 16.1. The van der Waals surface area contributed by atoms with Gasteiger partial charge < -0.3 is 9.64 Å². The molecule has 23 heavy (non-hydrogen) atoms. The molecule has 1 aliphatic heterocycles. The lowest BCUT2D eigenvalue weighted by Gasteiger charge is -2.21. The van der Waals surface area contributed by atoms with Crippen LogP contribution in [0.1, 0.15) is 12.1 Å². The fraction of sp³-hybridized carbons (Fsp3) is 0.471. The van der Waals surface area contributed by atoms with Gasteiger partial charge in [-0.15, -0.1) is 11.3 Å². The summed E-state index contributed by atoms with van der Waals surface area (Å²) in [6.07, 6.45) is 1.18. The van der Waals surface area contributed by atoms with Crippen LogP contribution in [0.4, 0.5) is 5.13 Å². The molecule has 0 radical (unpaired) electrons. The predicted molar refractivity (Wildman–Crippen MR) is 99.8 cm³/mol. The summed E-state index contributed by atoms with van der Waals surface area (Å²) in [7, 11) is 0. The van der Waals surface area contributed by atoms with E-state index in [1.165, 1.54) is 6.42 Å². The van der Waals surface area contributed by atoms with E-state index in [-0.39, 0.29) is 0 Å². The van der Waals surface area contributed by atoms with Crippen LogP contribution in [-0.2, 0) is 0 Å². The van der Waals surface area contributed by atoms with Crippen molar-refractivity contribution in [3.8, 4) is 5.75 Å². The van der Waals surface area contributed by atoms with Crippen molar-refractivity contribution in [2.75, 3.05) is 44.2 Å². The monoisotopic (exact) mass is 395 g/mol. The summed E-state index contributed by atoms with van der Waals surface area (Å²) < 4.78 is 6.91. The van der Waals surface area contributed by atoms with E-state index in [2.05, 4.69) is 43.0 Å². The Bertz CT molecular complexity index is 617. The molecule has 0 unspecified atom stereocenters. The number of nitrogens with zero attached hydrogens (tertiary/aromatic N) is 3. The molecule has 1 saturated heterocycles. The van der Waals surface area contributed by atoms with Gasteiger partial charge in [0.1, 0.15) is 12.4 Å². The highest BCUT2D eigenvalue weighted by Crippen LogP contribution is 2.21. The Labute approximate surface area is 150 Å². The van der Waals surface area contributed by atoms with Crippen LogP contribution in [0.5, 0.6) is 5.75 Å². The third kappa shape index (κ3) is 4.93. The van der Waals surface area contributed by atoms with Crippen molar-refractivity contribution in [3.05, 3.63) is 39.8 Å². The molecule has 0 saturated carbocycles. The number of aryl methyl sites for hydroxylation is 1. The number of aromatic nitrogens is 1. The summed E-state index contributed by atoms with van der Waals surface area (Å²) in [5, 5.41) is 3.29. The van der Waals surface area contributed by atoms with E-state index in [0.717, 1.165) is 60.4 Å². The van der Waals surface area contributed by atoms with Crippen LogP contribution < -0.4 is 9.64 Å². The van der Waals surface area contributed by atoms with Crippen LogP contribution in [0.25, 0.3) is 0 Å². The van der Waals surface area contributed by atoms with Gasteiger partial charge in [-0.25, -0.2) is 4.98 Å². The summed E-state index contributed by atoms with van der Waals surface area (Å²) in [4.78, 5) is 9.50. The Morgan fingerprint density at radius 3 is 2.74 bits per heavy atom. The Morgan fingerprint density at radius 2 is 2.00 bits per heavy atom. The zero-order valence-corrected chi connectivity index (χ0v) is 15.8. The molecule has 2 heterocycles. The van der Waals surface area contributed by atoms with E-state index in [0.29, 0.717) is 0 Å². The van der Waals surface area contributed by atoms with Gasteiger partial charge in [0, 0.05) is 42.6 Å². The normalized spacial score (nSPS) is 16.3. The average molecular weight is 396 g/mol. The number of hydrogen-bond donors (Lipinski definition) is 0. The molecule has 0 N–H and O–H groups in total. The molecule has 0 aliphatic carbocycles. The van der Waals surface area contributed by atoms with Gasteiger partial charge in [-0.2, -0.15) is 0 Å². The number of benzene rings is 1. The maximum absolute atomic E-state index is 5.83. The van der Waals surface area contributed by atoms with Gasteiger partial charge in [0.05, 0.1) is 5.69 Å². The molecule has 1 aromatic carbocycles. The third-order valence-corrected chi connectivity index (χ3v) is 5.50. The van der Waals surface area contributed by atoms with Crippen LogP contribution in [0.15, 0.2) is 34.1 Å². The quantitative estimate of drug-likeness (QED) is 0.769. The lowest BCUT2D eigenvalue weighted by molar-refractivity contribution is 0.218. The predicted octanol–water partition coefficient (Wildman–Crippen LogP) is 3.81. The fourth-order valence-corrected chi connectivity index (χ4v) is 3.82. The van der Waals surface area contributed by atoms with E-state index in [9.17, 15) is 0 Å². The van der Waals surface area contributed by atoms with Crippen molar-refractivity contribution in [3.63, 3.8) is 0 Å². The Kier molecular flexibility index (Phi) is 5.91. The first kappa shape index (κ1) is 16.7. The second-order valence-corrected chi connectivity index (χ2v) is 7.51. The first-order valence-electron chi connectivity index (χ1n) is 7.98. The van der Waals surface area contributed by atoms with Crippen LogP contribution in [0, 0.1) is 6.92 Å². The van der Waals surface area contributed by atoms with Crippen molar-refractivity contribution in [2.24, 2.45) is 0 Å². The smallest absolute Gasteiger partial charge is 0.185 e. The second kappa shape index (κ2) is 8.13. The average Bonchev–Trinajstić information content (AvgIpc) is 2.84. The van der Waals surface area contributed by atoms with Gasteiger partial charge in [-0.1, -0.05) is 15.9 Å². The molecule has 0 atom stereocenters. The highest BCUT2D eigenvalue weighted by molar-refractivity contribution is 9.10. The molecule has 2 aromatic rings. The fourth-order valence-electron chi connectivity index (χ4n) is 2.70. The van der Waals surface area contributed by atoms with E-state index in [1.807, 2.05) is 24.3 Å². The van der Waals surface area contributed by atoms with Gasteiger partial charge in [-0.05, 0) is 37.6 Å². The first-order chi connectivity index (χ1) is 11.2. The molecule has 1 fully saturated rings. The molecule has 124 valence electrons. The maximum atomic E-state index is 5.83. The molecule has 4 nitrogen and oxygen atoms in total. The van der Waals surface area contributed by atoms with Gasteiger partial charge >= 0.3 is 0 Å². The molecule has 1 aliphatic rings. The van der Waals surface area contributed by atoms with Gasteiger partial charge in [0.25, 0.3) is 0 Å². The summed E-state index contributed by atoms with van der Waals surface area (Å²) in [5.74, 6) is 0.933. The van der Waals surface area contributed by atoms with Gasteiger partial charge in [0.15, 0.2) is 5.13 Å². The Balaban J connectivity index is 1.44. The second-order valence-electron chi connectivity index (χ2n) is 5.76. The van der Waals surface area contributed by atoms with Crippen molar-refractivity contribution >= 4 is 32.4 Å². The van der Waals surface area contributed by atoms with Gasteiger partial charge in [-0.3, -0.25) is 4.90 Å². The lowest BCUT2D eigenvalue weighted by atomic mass is 10.3. The minimum Gasteiger partial charge on any atom is -0.492 e. The molecule has 1 aromatic heterocycles. The summed E-state index contributed by atoms with van der Waals surface area (Å²) in [6, 6.07) is 8.02. The Hall–Kier alpha value is -1.11. The molecule has 0 bridgehead atoms. The highest BCUT2D eigenvalue weighted by atomic mass is 79.9. The summed E-state index contributed by atoms with van der Waals surface area (Å²) >= 11 is 5.19. The minimum absolute atomic E-state index is 0.734. The third-order valence-electron chi connectivity index (χ3n) is 3.96. The topological polar surface area (TPSA) is 28.6 Å². The first-order valence-corrected chi connectivity index (χ1v) is 9.66. The Morgan fingerprint density at radius 1 is 1.17 bits per heavy atom. The number of halogens is 1. The molecule has 0 amide bonds.